The average molecular weight is 336 g/mol. The van der Waals surface area contributed by atoms with Crippen molar-refractivity contribution in [2.45, 2.75) is 26.7 Å². The second kappa shape index (κ2) is 7.28. The summed E-state index contributed by atoms with van der Waals surface area (Å²) in [6.07, 6.45) is 0.0820. The Hall–Kier alpha value is -2.34. The minimum Gasteiger partial charge on any atom is -0.481 e. The smallest absolute Gasteiger partial charge is 0.305 e. The Bertz CT molecular complexity index is 723. The summed E-state index contributed by atoms with van der Waals surface area (Å²) in [6.45, 7) is 3.87. The van der Waals surface area contributed by atoms with Crippen LogP contribution in [0.4, 0.5) is 0 Å². The molecule has 1 aromatic carbocycles. The Morgan fingerprint density at radius 2 is 1.91 bits per heavy atom. The topological polar surface area (TPSA) is 84.2 Å². The Morgan fingerprint density at radius 1 is 1.26 bits per heavy atom. The molecule has 2 rings (SSSR count). The van der Waals surface area contributed by atoms with Crippen molar-refractivity contribution in [2.24, 2.45) is 0 Å². The molecule has 0 saturated carbocycles. The van der Waals surface area contributed by atoms with Gasteiger partial charge in [-0.15, -0.1) is 0 Å². The number of rotatable bonds is 6. The van der Waals surface area contributed by atoms with Crippen LogP contribution < -0.4 is 5.32 Å². The van der Waals surface area contributed by atoms with Crippen molar-refractivity contribution in [1.82, 2.24) is 15.1 Å². The van der Waals surface area contributed by atoms with Crippen LogP contribution >= 0.6 is 11.6 Å². The first-order chi connectivity index (χ1) is 10.9. The van der Waals surface area contributed by atoms with E-state index >= 15 is 0 Å². The van der Waals surface area contributed by atoms with Gasteiger partial charge in [-0.1, -0.05) is 11.6 Å². The van der Waals surface area contributed by atoms with Gasteiger partial charge >= 0.3 is 5.97 Å². The van der Waals surface area contributed by atoms with Gasteiger partial charge in [0.15, 0.2) is 0 Å². The number of carboxylic acids is 1. The Balaban J connectivity index is 2.13. The normalized spacial score (nSPS) is 10.6. The van der Waals surface area contributed by atoms with Gasteiger partial charge in [0.05, 0.1) is 24.2 Å². The quantitative estimate of drug-likeness (QED) is 0.848. The zero-order chi connectivity index (χ0) is 17.0. The molecule has 0 fully saturated rings. The largest absolute Gasteiger partial charge is 0.481 e. The Morgan fingerprint density at radius 3 is 2.52 bits per heavy atom. The first-order valence-electron chi connectivity index (χ1n) is 7.18. The lowest BCUT2D eigenvalue weighted by atomic mass is 10.1. The fourth-order valence-corrected chi connectivity index (χ4v) is 2.42. The molecular formula is C16H18ClN3O3. The fraction of sp³-hybridized carbons (Fsp3) is 0.312. The second-order valence-electron chi connectivity index (χ2n) is 5.21. The maximum Gasteiger partial charge on any atom is 0.305 e. The Labute approximate surface area is 139 Å². The standard InChI is InChI=1S/C16H18ClN3O3/c1-10-14(9-15(21)18-8-7-16(22)23)11(2)20(19-10)13-5-3-12(17)4-6-13/h3-6H,7-9H2,1-2H3,(H,18,21)(H,22,23). The molecule has 7 heteroatoms. The van der Waals surface area contributed by atoms with Crippen molar-refractivity contribution in [2.75, 3.05) is 6.54 Å². The van der Waals surface area contributed by atoms with Crippen LogP contribution in [0.15, 0.2) is 24.3 Å². The molecule has 1 amide bonds. The van der Waals surface area contributed by atoms with Crippen molar-refractivity contribution in [1.29, 1.82) is 0 Å². The first kappa shape index (κ1) is 17.0. The van der Waals surface area contributed by atoms with E-state index in [2.05, 4.69) is 10.4 Å². The molecule has 0 aliphatic carbocycles. The van der Waals surface area contributed by atoms with E-state index in [0.29, 0.717) is 5.02 Å². The van der Waals surface area contributed by atoms with Gasteiger partial charge in [-0.05, 0) is 38.1 Å². The zero-order valence-corrected chi connectivity index (χ0v) is 13.7. The molecule has 0 saturated heterocycles. The van der Waals surface area contributed by atoms with Crippen LogP contribution in [-0.4, -0.2) is 33.3 Å². The van der Waals surface area contributed by atoms with Crippen LogP contribution in [0.25, 0.3) is 5.69 Å². The maximum absolute atomic E-state index is 11.9. The average Bonchev–Trinajstić information content (AvgIpc) is 2.76. The number of carbonyl (C=O) groups is 2. The van der Waals surface area contributed by atoms with Crippen LogP contribution in [0.3, 0.4) is 0 Å². The third-order valence-corrected chi connectivity index (χ3v) is 3.76. The van der Waals surface area contributed by atoms with Gasteiger partial charge < -0.3 is 10.4 Å². The summed E-state index contributed by atoms with van der Waals surface area (Å²) < 4.78 is 1.77. The summed E-state index contributed by atoms with van der Waals surface area (Å²) in [4.78, 5) is 22.4. The van der Waals surface area contributed by atoms with Crippen LogP contribution in [-0.2, 0) is 16.0 Å². The SMILES string of the molecule is Cc1nn(-c2ccc(Cl)cc2)c(C)c1CC(=O)NCCC(=O)O. The summed E-state index contributed by atoms with van der Waals surface area (Å²) in [7, 11) is 0. The maximum atomic E-state index is 11.9. The number of carboxylic acid groups (broad SMARTS) is 1. The van der Waals surface area contributed by atoms with Crippen LogP contribution in [0.2, 0.25) is 5.02 Å². The van der Waals surface area contributed by atoms with Crippen molar-refractivity contribution in [3.8, 4) is 5.69 Å². The van der Waals surface area contributed by atoms with Gasteiger partial charge in [0.1, 0.15) is 0 Å². The number of hydrogen-bond acceptors (Lipinski definition) is 3. The highest BCUT2D eigenvalue weighted by Gasteiger charge is 2.16. The fourth-order valence-electron chi connectivity index (χ4n) is 2.30. The summed E-state index contributed by atoms with van der Waals surface area (Å²) in [5.41, 5.74) is 3.35. The highest BCUT2D eigenvalue weighted by atomic mass is 35.5. The van der Waals surface area contributed by atoms with Crippen molar-refractivity contribution in [3.05, 3.63) is 46.2 Å². The molecule has 0 atom stereocenters. The van der Waals surface area contributed by atoms with Crippen molar-refractivity contribution >= 4 is 23.5 Å². The predicted octanol–water partition coefficient (Wildman–Crippen LogP) is 2.28. The summed E-state index contributed by atoms with van der Waals surface area (Å²) in [6, 6.07) is 7.29. The van der Waals surface area contributed by atoms with Gasteiger partial charge in [0.25, 0.3) is 0 Å². The number of amides is 1. The van der Waals surface area contributed by atoms with E-state index in [1.807, 2.05) is 26.0 Å². The summed E-state index contributed by atoms with van der Waals surface area (Å²) in [5.74, 6) is -1.15. The highest BCUT2D eigenvalue weighted by Crippen LogP contribution is 2.20. The van der Waals surface area contributed by atoms with Gasteiger partial charge in [-0.25, -0.2) is 4.68 Å². The van der Waals surface area contributed by atoms with Crippen LogP contribution in [0.5, 0.6) is 0 Å². The minimum absolute atomic E-state index is 0.0895. The number of aryl methyl sites for hydroxylation is 1. The molecule has 1 aromatic heterocycles. The molecule has 23 heavy (non-hydrogen) atoms. The molecule has 0 radical (unpaired) electrons. The minimum atomic E-state index is -0.937. The van der Waals surface area contributed by atoms with Crippen molar-refractivity contribution in [3.63, 3.8) is 0 Å². The van der Waals surface area contributed by atoms with E-state index in [0.717, 1.165) is 22.6 Å². The van der Waals surface area contributed by atoms with E-state index < -0.39 is 5.97 Å². The monoisotopic (exact) mass is 335 g/mol. The number of benzene rings is 1. The van der Waals surface area contributed by atoms with E-state index in [-0.39, 0.29) is 25.3 Å². The second-order valence-corrected chi connectivity index (χ2v) is 5.64. The Kier molecular flexibility index (Phi) is 5.39. The third kappa shape index (κ3) is 4.32. The first-order valence-corrected chi connectivity index (χ1v) is 7.56. The van der Waals surface area contributed by atoms with Crippen molar-refractivity contribution < 1.29 is 14.7 Å². The summed E-state index contributed by atoms with van der Waals surface area (Å²) in [5, 5.41) is 16.3. The molecule has 0 spiro atoms. The van der Waals surface area contributed by atoms with E-state index in [9.17, 15) is 9.59 Å². The lowest BCUT2D eigenvalue weighted by Crippen LogP contribution is -2.27. The highest BCUT2D eigenvalue weighted by molar-refractivity contribution is 6.30. The lowest BCUT2D eigenvalue weighted by Gasteiger charge is -2.06. The molecular weight excluding hydrogens is 318 g/mol. The molecule has 0 bridgehead atoms. The summed E-state index contributed by atoms with van der Waals surface area (Å²) >= 11 is 5.89. The number of aromatic nitrogens is 2. The van der Waals surface area contributed by atoms with Gasteiger partial charge in [0, 0.05) is 22.8 Å². The number of carbonyl (C=O) groups excluding carboxylic acids is 1. The van der Waals surface area contributed by atoms with Gasteiger partial charge in [-0.2, -0.15) is 5.10 Å². The van der Waals surface area contributed by atoms with Gasteiger partial charge in [0.2, 0.25) is 5.91 Å². The number of nitrogens with zero attached hydrogens (tertiary/aromatic N) is 2. The molecule has 6 nitrogen and oxygen atoms in total. The molecule has 0 unspecified atom stereocenters. The number of nitrogens with one attached hydrogen (secondary N) is 1. The molecule has 1 heterocycles. The van der Waals surface area contributed by atoms with E-state index in [1.165, 1.54) is 0 Å². The lowest BCUT2D eigenvalue weighted by molar-refractivity contribution is -0.136. The number of hydrogen-bond donors (Lipinski definition) is 2. The van der Waals surface area contributed by atoms with Crippen LogP contribution in [0.1, 0.15) is 23.4 Å². The molecule has 2 N–H and O–H groups in total. The molecule has 2 aromatic rings. The predicted molar refractivity (Wildman–Crippen MR) is 87.0 cm³/mol. The molecule has 0 aliphatic rings. The zero-order valence-electron chi connectivity index (χ0n) is 13.0. The molecule has 0 aliphatic heterocycles. The van der Waals surface area contributed by atoms with E-state index in [1.54, 1.807) is 16.8 Å². The number of aliphatic carboxylic acids is 1. The van der Waals surface area contributed by atoms with E-state index in [4.69, 9.17) is 16.7 Å². The number of halogens is 1. The third-order valence-electron chi connectivity index (χ3n) is 3.51. The van der Waals surface area contributed by atoms with Gasteiger partial charge in [-0.3, -0.25) is 9.59 Å². The van der Waals surface area contributed by atoms with Crippen LogP contribution in [0, 0.1) is 13.8 Å². The molecule has 122 valence electrons.